The number of ketones is 2. The Kier molecular flexibility index (Phi) is 13.9. The summed E-state index contributed by atoms with van der Waals surface area (Å²) >= 11 is 0. The van der Waals surface area contributed by atoms with Crippen LogP contribution in [0.3, 0.4) is 0 Å². The van der Waals surface area contributed by atoms with Crippen molar-refractivity contribution in [2.45, 2.75) is 128 Å². The second-order valence-corrected chi connectivity index (χ2v) is 21.5. The van der Waals surface area contributed by atoms with Gasteiger partial charge in [0.25, 0.3) is 0 Å². The molecule has 4 N–H and O–H groups in total. The smallest absolute Gasteiger partial charge is 0.413 e. The van der Waals surface area contributed by atoms with E-state index in [0.717, 1.165) is 24.5 Å². The molecule has 21 heteroatoms. The lowest BCUT2D eigenvalue weighted by molar-refractivity contribution is -0.181. The maximum atomic E-state index is 16.0. The number of Topliss-reactive ketones (excluding diaryl/α,β-unsaturated/α-hetero) is 1. The maximum Gasteiger partial charge on any atom is 0.413 e. The first kappa shape index (κ1) is 52.0. The number of aromatic nitrogens is 1. The lowest BCUT2D eigenvalue weighted by atomic mass is 9.46. The van der Waals surface area contributed by atoms with Crippen LogP contribution in [0, 0.1) is 34.4 Å². The Bertz CT molecular complexity index is 2730. The van der Waals surface area contributed by atoms with Crippen LogP contribution in [0.15, 0.2) is 40.9 Å². The minimum Gasteiger partial charge on any atom is -0.492 e. The van der Waals surface area contributed by atoms with Crippen molar-refractivity contribution < 1.29 is 77.0 Å². The van der Waals surface area contributed by atoms with Crippen LogP contribution in [0.4, 0.5) is 19.7 Å². The van der Waals surface area contributed by atoms with Crippen molar-refractivity contribution in [3.8, 4) is 5.75 Å². The Balaban J connectivity index is 0.878. The molecule has 1 aromatic heterocycles. The number of rotatable bonds is 13. The van der Waals surface area contributed by atoms with Gasteiger partial charge in [0.05, 0.1) is 30.5 Å². The summed E-state index contributed by atoms with van der Waals surface area (Å²) in [6.45, 7) is 8.50. The van der Waals surface area contributed by atoms with E-state index < -0.39 is 113 Å². The first-order chi connectivity index (χ1) is 33.8. The van der Waals surface area contributed by atoms with Gasteiger partial charge in [-0.2, -0.15) is 0 Å². The molecule has 1 saturated heterocycles. The molecule has 390 valence electrons. The number of alkyl carbamates (subject to hydrolysis) is 1. The first-order valence-corrected chi connectivity index (χ1v) is 24.4. The molecule has 0 radical (unpaired) electrons. The summed E-state index contributed by atoms with van der Waals surface area (Å²) in [5.74, 6) is -5.95. The maximum absolute atomic E-state index is 16.0. The number of nitrogens with zero attached hydrogens (tertiary/aromatic N) is 3. The molecule has 4 saturated carbocycles. The van der Waals surface area contributed by atoms with Gasteiger partial charge < -0.3 is 58.7 Å². The van der Waals surface area contributed by atoms with Crippen molar-refractivity contribution in [1.29, 1.82) is 0 Å². The number of aromatic carboxylic acids is 1. The zero-order valence-corrected chi connectivity index (χ0v) is 41.5. The molecule has 2 amide bonds. The number of aliphatic hydroxyl groups excluding tert-OH is 1. The molecule has 9 atom stereocenters. The van der Waals surface area contributed by atoms with Gasteiger partial charge in [-0.3, -0.25) is 19.2 Å². The largest absolute Gasteiger partial charge is 0.492 e. The molecule has 72 heavy (non-hydrogen) atoms. The molecule has 0 spiro atoms. The number of nitrogens with one attached hydrogen (secondary N) is 1. The quantitative estimate of drug-likeness (QED) is 0.120. The highest BCUT2D eigenvalue weighted by Gasteiger charge is 2.68. The standard InChI is InChI=1S/C51H63FN4O16/c1-26-22-54(41-34(52)19-31-40(43(41)68-7)56(28-9-10-28)23-32(42(31)61)44(62)63)16-17-55(26)47(66)71-25-70-38(60)20-35(53-46(65)72-48(2,3)4)45(64)69-24-37(59)51(67)15-13-33-30-11-8-27-18-29(57)12-14-49(27,5)39(30)36(58)21-50(33,51)6/h12,14,18-19,23,26,28,30,33,35-36,39,58,67H,8-11,13,15-17,20-22,24-25H2,1-7H3,(H,53,65)(H,62,63)/t26?,30?,33-,35?,36-,39+,49-,50-,51-/m0/s1. The number of benzene rings is 1. The number of amides is 2. The van der Waals surface area contributed by atoms with Crippen molar-refractivity contribution in [3.63, 3.8) is 0 Å². The number of halogens is 1. The van der Waals surface area contributed by atoms with Crippen LogP contribution in [0.5, 0.6) is 5.75 Å². The minimum atomic E-state index is -1.99. The van der Waals surface area contributed by atoms with Gasteiger partial charge >= 0.3 is 30.1 Å². The number of anilines is 1. The number of carbonyl (C=O) groups excluding carboxylic acids is 6. The number of fused-ring (bicyclic) bond motifs is 6. The number of methoxy groups -OCH3 is 1. The first-order valence-electron chi connectivity index (χ1n) is 24.4. The molecule has 1 aliphatic heterocycles. The lowest BCUT2D eigenvalue weighted by Crippen LogP contribution is -2.61. The molecule has 0 bridgehead atoms. The number of esters is 2. The van der Waals surface area contributed by atoms with Crippen LogP contribution in [0.1, 0.15) is 109 Å². The number of allylic oxidation sites excluding steroid dienone is 4. The van der Waals surface area contributed by atoms with Crippen LogP contribution >= 0.6 is 0 Å². The third kappa shape index (κ3) is 9.44. The Hall–Kier alpha value is -6.35. The summed E-state index contributed by atoms with van der Waals surface area (Å²) in [6.07, 6.45) is 5.87. The topological polar surface area (TPSA) is 267 Å². The normalized spacial score (nSPS) is 29.2. The fraction of sp³-hybridized carbons (Fsp3) is 0.608. The molecule has 2 heterocycles. The number of hydrogen-bond donors (Lipinski definition) is 4. The van der Waals surface area contributed by atoms with Crippen molar-refractivity contribution in [2.75, 3.05) is 45.0 Å². The average molecular weight is 1010 g/mol. The average Bonchev–Trinajstić information content (AvgIpc) is 4.11. The molecule has 5 fully saturated rings. The van der Waals surface area contributed by atoms with E-state index in [-0.39, 0.29) is 84.4 Å². The van der Waals surface area contributed by atoms with Crippen LogP contribution in [-0.4, -0.2) is 136 Å². The van der Waals surface area contributed by atoms with Gasteiger partial charge in [-0.1, -0.05) is 25.5 Å². The Morgan fingerprint density at radius 3 is 2.39 bits per heavy atom. The third-order valence-electron chi connectivity index (χ3n) is 16.0. The molecule has 3 unspecified atom stereocenters. The van der Waals surface area contributed by atoms with E-state index in [2.05, 4.69) is 5.32 Å². The number of ether oxygens (including phenoxy) is 5. The molecule has 1 aromatic carbocycles. The molecule has 6 aliphatic rings. The highest BCUT2D eigenvalue weighted by atomic mass is 19.1. The van der Waals surface area contributed by atoms with Gasteiger partial charge in [-0.25, -0.2) is 23.6 Å². The number of piperazine rings is 1. The highest BCUT2D eigenvalue weighted by molar-refractivity contribution is 6.01. The number of carboxylic acid groups (broad SMARTS) is 1. The van der Waals surface area contributed by atoms with Gasteiger partial charge in [0.2, 0.25) is 18.0 Å². The van der Waals surface area contributed by atoms with Gasteiger partial charge in [-0.05, 0) is 103 Å². The van der Waals surface area contributed by atoms with Crippen LogP contribution < -0.4 is 20.4 Å². The molecule has 2 aromatic rings. The van der Waals surface area contributed by atoms with Crippen molar-refractivity contribution in [3.05, 3.63) is 57.7 Å². The monoisotopic (exact) mass is 1010 g/mol. The SMILES string of the molecule is COc1c(N2CCN(C(=O)OCOC(=O)CC(NC(=O)OC(C)(C)C)C(=O)OCC(=O)[C@@]3(O)CC[C@H]4C5CCC6=CC(=O)C=C[C@]6(C)[C@H]5[C@@H](O)C[C@@]43C)C(C)C2)c(F)cc2c(=O)c(C(=O)O)cn(C3CC3)c12. The van der Waals surface area contributed by atoms with E-state index >= 15 is 4.39 Å². The Morgan fingerprint density at radius 2 is 1.74 bits per heavy atom. The van der Waals surface area contributed by atoms with Gasteiger partial charge in [0, 0.05) is 54.7 Å². The molecular weight excluding hydrogens is 944 g/mol. The van der Waals surface area contributed by atoms with Gasteiger partial charge in [0.15, 0.2) is 24.0 Å². The third-order valence-corrected chi connectivity index (χ3v) is 16.0. The van der Waals surface area contributed by atoms with Crippen LogP contribution in [-0.2, 0) is 38.1 Å². The molecule has 8 rings (SSSR count). The molecule has 20 nitrogen and oxygen atoms in total. The van der Waals surface area contributed by atoms with Crippen LogP contribution in [0.2, 0.25) is 0 Å². The predicted molar refractivity (Wildman–Crippen MR) is 252 cm³/mol. The summed E-state index contributed by atoms with van der Waals surface area (Å²) in [4.78, 5) is 107. The number of pyridine rings is 1. The van der Waals surface area contributed by atoms with Crippen molar-refractivity contribution >= 4 is 58.3 Å². The second kappa shape index (κ2) is 19.2. The number of aliphatic hydroxyl groups is 2. The van der Waals surface area contributed by atoms with E-state index in [4.69, 9.17) is 23.7 Å². The van der Waals surface area contributed by atoms with Crippen molar-refractivity contribution in [2.24, 2.45) is 28.6 Å². The number of carboxylic acids is 1. The molecular formula is C51H63FN4O16. The summed E-state index contributed by atoms with van der Waals surface area (Å²) in [6, 6.07) is -1.47. The second-order valence-electron chi connectivity index (χ2n) is 21.5. The van der Waals surface area contributed by atoms with Crippen molar-refractivity contribution in [1.82, 2.24) is 14.8 Å². The molecule has 5 aliphatic carbocycles. The van der Waals surface area contributed by atoms with Crippen LogP contribution in [0.25, 0.3) is 10.9 Å². The fourth-order valence-corrected chi connectivity index (χ4v) is 12.4. The Labute approximate surface area is 414 Å². The Morgan fingerprint density at radius 1 is 1.01 bits per heavy atom. The van der Waals surface area contributed by atoms with E-state index in [1.165, 1.54) is 24.3 Å². The van der Waals surface area contributed by atoms with Gasteiger partial charge in [0.1, 0.15) is 28.5 Å². The van der Waals surface area contributed by atoms with E-state index in [9.17, 15) is 53.7 Å². The van der Waals surface area contributed by atoms with E-state index in [1.807, 2.05) is 13.0 Å². The zero-order chi connectivity index (χ0) is 52.4. The zero-order valence-electron chi connectivity index (χ0n) is 41.5. The summed E-state index contributed by atoms with van der Waals surface area (Å²) < 4.78 is 44.4. The number of carbonyl (C=O) groups is 7. The predicted octanol–water partition coefficient (Wildman–Crippen LogP) is 4.74. The summed E-state index contributed by atoms with van der Waals surface area (Å²) in [5, 5.41) is 35.7. The fourth-order valence-electron chi connectivity index (χ4n) is 12.4. The summed E-state index contributed by atoms with van der Waals surface area (Å²) in [7, 11) is 1.32. The van der Waals surface area contributed by atoms with Gasteiger partial charge in [-0.15, -0.1) is 0 Å². The number of hydrogen-bond acceptors (Lipinski definition) is 16. The summed E-state index contributed by atoms with van der Waals surface area (Å²) in [5.41, 5.74) is -4.76. The van der Waals surface area contributed by atoms with E-state index in [1.54, 1.807) is 50.2 Å². The minimum absolute atomic E-state index is 0.00363. The van der Waals surface area contributed by atoms with E-state index in [0.29, 0.717) is 19.3 Å². The highest BCUT2D eigenvalue weighted by Crippen LogP contribution is 2.67. The lowest BCUT2D eigenvalue weighted by Gasteiger charge is -2.59.